The Morgan fingerprint density at radius 3 is 2.18 bits per heavy atom. The second kappa shape index (κ2) is 9.65. The third-order valence-corrected chi connectivity index (χ3v) is 2.62. The van der Waals surface area contributed by atoms with Crippen LogP contribution in [0.2, 0.25) is 0 Å². The first-order valence-electron chi connectivity index (χ1n) is 5.82. The number of ether oxygens (including phenoxy) is 2. The van der Waals surface area contributed by atoms with Crippen LogP contribution in [0.25, 0.3) is 0 Å². The molecule has 0 aromatic heterocycles. The van der Waals surface area contributed by atoms with Crippen molar-refractivity contribution in [1.82, 2.24) is 0 Å². The van der Waals surface area contributed by atoms with E-state index in [1.807, 2.05) is 13.8 Å². The fraction of sp³-hybridized carbons (Fsp3) is 0.750. The Hall–Kier alpha value is -0.360. The van der Waals surface area contributed by atoms with Crippen LogP contribution in [-0.2, 0) is 14.3 Å². The molecule has 0 aromatic rings. The Bertz CT molecular complexity index is 257. The van der Waals surface area contributed by atoms with Gasteiger partial charge in [0, 0.05) is 25.2 Å². The summed E-state index contributed by atoms with van der Waals surface area (Å²) in [5.41, 5.74) is 1.19. The molecule has 0 saturated carbocycles. The molecular formula is C12H22O4S. The monoisotopic (exact) mass is 262 g/mol. The molecule has 0 amide bonds. The van der Waals surface area contributed by atoms with Crippen LogP contribution in [-0.4, -0.2) is 36.3 Å². The molecule has 4 nitrogen and oxygen atoms in total. The summed E-state index contributed by atoms with van der Waals surface area (Å²) in [6.07, 6.45) is 0.777. The van der Waals surface area contributed by atoms with Gasteiger partial charge in [0.05, 0.1) is 6.61 Å². The number of thiol groups is 1. The summed E-state index contributed by atoms with van der Waals surface area (Å²) < 4.78 is 10.8. The highest BCUT2D eigenvalue weighted by molar-refractivity contribution is 7.97. The average molecular weight is 262 g/mol. The van der Waals surface area contributed by atoms with Gasteiger partial charge in [-0.2, -0.15) is 0 Å². The number of carbonyl (C=O) groups is 1. The normalized spacial score (nSPS) is 12.8. The number of aliphatic hydroxyl groups is 1. The second-order valence-corrected chi connectivity index (χ2v) is 4.01. The summed E-state index contributed by atoms with van der Waals surface area (Å²) in [6.45, 7) is 6.52. The fourth-order valence-corrected chi connectivity index (χ4v) is 1.75. The van der Waals surface area contributed by atoms with Gasteiger partial charge >= 0.3 is 0 Å². The van der Waals surface area contributed by atoms with Crippen molar-refractivity contribution in [3.8, 4) is 0 Å². The van der Waals surface area contributed by atoms with Crippen LogP contribution < -0.4 is 0 Å². The number of hydrogen-bond acceptors (Lipinski definition) is 4. The second-order valence-electron chi connectivity index (χ2n) is 3.60. The lowest BCUT2D eigenvalue weighted by molar-refractivity contribution is -0.139. The van der Waals surface area contributed by atoms with Gasteiger partial charge < -0.3 is 14.6 Å². The van der Waals surface area contributed by atoms with Crippen LogP contribution in [0, 0.1) is 0 Å². The van der Waals surface area contributed by atoms with E-state index >= 15 is 0 Å². The lowest BCUT2D eigenvalue weighted by Crippen LogP contribution is -2.18. The van der Waals surface area contributed by atoms with Gasteiger partial charge in [0.25, 0.3) is 0 Å². The highest BCUT2D eigenvalue weighted by Crippen LogP contribution is 2.17. The molecule has 0 rings (SSSR count). The first-order valence-corrected chi connectivity index (χ1v) is 6.27. The highest BCUT2D eigenvalue weighted by atomic mass is 32.1. The van der Waals surface area contributed by atoms with Crippen molar-refractivity contribution in [2.24, 2.45) is 0 Å². The average Bonchev–Trinajstić information content (AvgIpc) is 2.28. The van der Waals surface area contributed by atoms with Gasteiger partial charge in [-0.1, -0.05) is 0 Å². The minimum absolute atomic E-state index is 0.129. The summed E-state index contributed by atoms with van der Waals surface area (Å²) >= 11 is 3.80. The molecule has 0 fully saturated rings. The molecule has 100 valence electrons. The van der Waals surface area contributed by atoms with Crippen molar-refractivity contribution >= 4 is 17.7 Å². The first-order chi connectivity index (χ1) is 8.06. The molecule has 0 atom stereocenters. The van der Waals surface area contributed by atoms with Crippen molar-refractivity contribution in [3.63, 3.8) is 0 Å². The van der Waals surface area contributed by atoms with Crippen LogP contribution in [0.4, 0.5) is 0 Å². The summed E-state index contributed by atoms with van der Waals surface area (Å²) in [7, 11) is 0. The maximum Gasteiger partial charge on any atom is 0.212 e. The zero-order valence-corrected chi connectivity index (χ0v) is 11.6. The van der Waals surface area contributed by atoms with Crippen molar-refractivity contribution in [1.29, 1.82) is 0 Å². The van der Waals surface area contributed by atoms with Gasteiger partial charge in [0.15, 0.2) is 6.29 Å². The van der Waals surface area contributed by atoms with Gasteiger partial charge in [-0.05, 0) is 32.8 Å². The van der Waals surface area contributed by atoms with Crippen LogP contribution in [0.1, 0.15) is 33.6 Å². The molecule has 0 aliphatic heterocycles. The van der Waals surface area contributed by atoms with Crippen LogP contribution in [0.15, 0.2) is 11.1 Å². The van der Waals surface area contributed by atoms with Crippen LogP contribution in [0.5, 0.6) is 0 Å². The van der Waals surface area contributed by atoms with Crippen molar-refractivity contribution in [2.75, 3.05) is 19.8 Å². The van der Waals surface area contributed by atoms with Gasteiger partial charge in [-0.3, -0.25) is 4.79 Å². The molecule has 0 aliphatic carbocycles. The molecule has 0 radical (unpaired) electrons. The lowest BCUT2D eigenvalue weighted by Gasteiger charge is -2.17. The molecule has 0 unspecified atom stereocenters. The molecular weight excluding hydrogens is 240 g/mol. The molecule has 0 heterocycles. The molecule has 17 heavy (non-hydrogen) atoms. The van der Waals surface area contributed by atoms with E-state index in [4.69, 9.17) is 14.6 Å². The third kappa shape index (κ3) is 6.83. The summed E-state index contributed by atoms with van der Waals surface area (Å²) in [6, 6.07) is 0. The number of rotatable bonds is 9. The Morgan fingerprint density at radius 1 is 1.29 bits per heavy atom. The molecule has 0 aromatic carbocycles. The van der Waals surface area contributed by atoms with E-state index in [1.54, 1.807) is 6.92 Å². The maximum absolute atomic E-state index is 11.3. The van der Waals surface area contributed by atoms with E-state index in [-0.39, 0.29) is 18.0 Å². The van der Waals surface area contributed by atoms with Crippen LogP contribution in [0.3, 0.4) is 0 Å². The van der Waals surface area contributed by atoms with Gasteiger partial charge in [-0.15, -0.1) is 12.6 Å². The van der Waals surface area contributed by atoms with Gasteiger partial charge in [-0.25, -0.2) is 0 Å². The van der Waals surface area contributed by atoms with E-state index in [2.05, 4.69) is 12.6 Å². The Labute approximate surface area is 108 Å². The topological polar surface area (TPSA) is 55.8 Å². The molecule has 0 bridgehead atoms. The molecule has 0 spiro atoms. The van der Waals surface area contributed by atoms with Crippen LogP contribution >= 0.6 is 12.6 Å². The largest absolute Gasteiger partial charge is 0.392 e. The first kappa shape index (κ1) is 16.6. The minimum atomic E-state index is -0.306. The summed E-state index contributed by atoms with van der Waals surface area (Å²) in [4.78, 5) is 11.3. The number of hydrogen-bond donors (Lipinski definition) is 2. The fourth-order valence-electron chi connectivity index (χ4n) is 1.45. The quantitative estimate of drug-likeness (QED) is 0.379. The van der Waals surface area contributed by atoms with E-state index in [0.717, 1.165) is 0 Å². The number of aliphatic hydroxyl groups excluding tert-OH is 1. The highest BCUT2D eigenvalue weighted by Gasteiger charge is 2.14. The smallest absolute Gasteiger partial charge is 0.212 e. The Morgan fingerprint density at radius 2 is 1.82 bits per heavy atom. The Kier molecular flexibility index (Phi) is 9.44. The van der Waals surface area contributed by atoms with E-state index in [9.17, 15) is 4.79 Å². The van der Waals surface area contributed by atoms with E-state index in [1.165, 1.54) is 0 Å². The molecule has 0 aliphatic rings. The molecule has 1 N–H and O–H groups in total. The predicted octanol–water partition coefficient (Wildman–Crippen LogP) is 1.93. The minimum Gasteiger partial charge on any atom is -0.392 e. The summed E-state index contributed by atoms with van der Waals surface area (Å²) in [5.74, 6) is 0. The zero-order chi connectivity index (χ0) is 13.3. The maximum atomic E-state index is 11.3. The standard InChI is InChI=1S/C12H22O4S/c1-4-15-11(16-5-2)7-6-10(12(14)17)9(3)8-13/h11,13H,4-8H2,1-3H3,(H,14,17)/b10-9-. The zero-order valence-electron chi connectivity index (χ0n) is 10.7. The van der Waals surface area contributed by atoms with Crippen molar-refractivity contribution in [2.45, 2.75) is 39.9 Å². The van der Waals surface area contributed by atoms with Crippen molar-refractivity contribution in [3.05, 3.63) is 11.1 Å². The number of carbonyl (C=O) groups excluding carboxylic acids is 1. The lowest BCUT2D eigenvalue weighted by atomic mass is 10.1. The predicted molar refractivity (Wildman–Crippen MR) is 70.1 cm³/mol. The van der Waals surface area contributed by atoms with E-state index < -0.39 is 0 Å². The SMILES string of the molecule is CCOC(CC/C(C(=O)S)=C(\C)CO)OCC. The van der Waals surface area contributed by atoms with E-state index in [0.29, 0.717) is 37.2 Å². The Balaban J connectivity index is 4.42. The van der Waals surface area contributed by atoms with Crippen molar-refractivity contribution < 1.29 is 19.4 Å². The van der Waals surface area contributed by atoms with Gasteiger partial charge in [0.1, 0.15) is 0 Å². The molecule has 0 saturated heterocycles. The summed E-state index contributed by atoms with van der Waals surface area (Å²) in [5, 5.41) is 8.72. The molecule has 5 heteroatoms. The van der Waals surface area contributed by atoms with Gasteiger partial charge in [0.2, 0.25) is 5.12 Å². The third-order valence-electron chi connectivity index (χ3n) is 2.35.